The maximum absolute atomic E-state index is 11.2. The second kappa shape index (κ2) is 6.63. The van der Waals surface area contributed by atoms with E-state index >= 15 is 0 Å². The molecule has 80 valence electrons. The van der Waals surface area contributed by atoms with Gasteiger partial charge in [-0.25, -0.2) is 0 Å². The second-order valence-electron chi connectivity index (χ2n) is 3.97. The van der Waals surface area contributed by atoms with E-state index in [-0.39, 0.29) is 12.1 Å². The molecule has 0 saturated carbocycles. The second-order valence-corrected chi connectivity index (χ2v) is 3.97. The summed E-state index contributed by atoms with van der Waals surface area (Å²) in [5.74, 6) is -0.0886. The summed E-state index contributed by atoms with van der Waals surface area (Å²) in [5, 5.41) is 0. The van der Waals surface area contributed by atoms with Gasteiger partial charge in [-0.1, -0.05) is 25.0 Å². The van der Waals surface area contributed by atoms with Crippen molar-refractivity contribution in [2.45, 2.75) is 58.0 Å². The lowest BCUT2D eigenvalue weighted by Gasteiger charge is -2.12. The van der Waals surface area contributed by atoms with Gasteiger partial charge < -0.3 is 4.74 Å². The van der Waals surface area contributed by atoms with E-state index in [1.807, 2.05) is 13.0 Å². The maximum atomic E-state index is 11.2. The summed E-state index contributed by atoms with van der Waals surface area (Å²) in [4.78, 5) is 11.2. The van der Waals surface area contributed by atoms with Crippen LogP contribution in [0.2, 0.25) is 0 Å². The van der Waals surface area contributed by atoms with Crippen molar-refractivity contribution in [1.29, 1.82) is 0 Å². The van der Waals surface area contributed by atoms with Crippen LogP contribution in [0.1, 0.15) is 51.9 Å². The van der Waals surface area contributed by atoms with Crippen molar-refractivity contribution in [3.05, 3.63) is 12.2 Å². The SMILES string of the molecule is C[C@@H]1CCCCCC/C=C\CC(=O)O1. The van der Waals surface area contributed by atoms with Crippen LogP contribution in [-0.4, -0.2) is 12.1 Å². The highest BCUT2D eigenvalue weighted by Gasteiger charge is 2.07. The molecule has 0 aromatic heterocycles. The fourth-order valence-corrected chi connectivity index (χ4v) is 1.68. The standard InChI is InChI=1S/C12H20O2/c1-11-9-7-5-3-2-4-6-8-10-12(13)14-11/h6,8,11H,2-5,7,9-10H2,1H3/b8-6-/t11-/m1/s1. The van der Waals surface area contributed by atoms with E-state index in [0.29, 0.717) is 6.42 Å². The van der Waals surface area contributed by atoms with Crippen LogP contribution in [0.4, 0.5) is 0 Å². The summed E-state index contributed by atoms with van der Waals surface area (Å²) in [7, 11) is 0. The molecule has 0 unspecified atom stereocenters. The third kappa shape index (κ3) is 5.05. The molecule has 14 heavy (non-hydrogen) atoms. The zero-order chi connectivity index (χ0) is 10.2. The number of cyclic esters (lactones) is 1. The number of ether oxygens (including phenoxy) is 1. The average molecular weight is 196 g/mol. The molecule has 0 aliphatic carbocycles. The fourth-order valence-electron chi connectivity index (χ4n) is 1.68. The molecule has 0 aromatic carbocycles. The van der Waals surface area contributed by atoms with Gasteiger partial charge in [-0.05, 0) is 32.6 Å². The first-order valence-electron chi connectivity index (χ1n) is 5.63. The van der Waals surface area contributed by atoms with Gasteiger partial charge >= 0.3 is 5.97 Å². The lowest BCUT2D eigenvalue weighted by molar-refractivity contribution is -0.147. The number of hydrogen-bond acceptors (Lipinski definition) is 2. The van der Waals surface area contributed by atoms with Crippen molar-refractivity contribution in [2.75, 3.05) is 0 Å². The molecule has 0 amide bonds. The molecule has 1 rings (SSSR count). The van der Waals surface area contributed by atoms with Crippen LogP contribution in [0.3, 0.4) is 0 Å². The summed E-state index contributed by atoms with van der Waals surface area (Å²) in [6, 6.07) is 0. The Bertz CT molecular complexity index is 196. The van der Waals surface area contributed by atoms with Crippen molar-refractivity contribution in [1.82, 2.24) is 0 Å². The van der Waals surface area contributed by atoms with Gasteiger partial charge in [0.15, 0.2) is 0 Å². The number of esters is 1. The molecule has 1 heterocycles. The Morgan fingerprint density at radius 3 is 2.86 bits per heavy atom. The van der Waals surface area contributed by atoms with Crippen molar-refractivity contribution < 1.29 is 9.53 Å². The van der Waals surface area contributed by atoms with Gasteiger partial charge in [-0.15, -0.1) is 0 Å². The van der Waals surface area contributed by atoms with E-state index in [2.05, 4.69) is 6.08 Å². The molecule has 0 saturated heterocycles. The predicted molar refractivity (Wildman–Crippen MR) is 57.0 cm³/mol. The number of hydrogen-bond donors (Lipinski definition) is 0. The van der Waals surface area contributed by atoms with Crippen molar-refractivity contribution in [3.63, 3.8) is 0 Å². The van der Waals surface area contributed by atoms with E-state index in [1.165, 1.54) is 25.7 Å². The van der Waals surface area contributed by atoms with Crippen molar-refractivity contribution in [2.24, 2.45) is 0 Å². The van der Waals surface area contributed by atoms with E-state index < -0.39 is 0 Å². The minimum absolute atomic E-state index is 0.0886. The van der Waals surface area contributed by atoms with E-state index in [1.54, 1.807) is 0 Å². The Morgan fingerprint density at radius 2 is 2.00 bits per heavy atom. The van der Waals surface area contributed by atoms with E-state index in [4.69, 9.17) is 4.74 Å². The first-order valence-corrected chi connectivity index (χ1v) is 5.63. The third-order valence-electron chi connectivity index (χ3n) is 2.52. The number of rotatable bonds is 0. The molecule has 0 spiro atoms. The van der Waals surface area contributed by atoms with Crippen LogP contribution in [0.5, 0.6) is 0 Å². The van der Waals surface area contributed by atoms with Crippen LogP contribution in [-0.2, 0) is 9.53 Å². The molecule has 2 nitrogen and oxygen atoms in total. The van der Waals surface area contributed by atoms with Crippen molar-refractivity contribution >= 4 is 5.97 Å². The average Bonchev–Trinajstić information content (AvgIpc) is 2.13. The van der Waals surface area contributed by atoms with Gasteiger partial charge in [0.25, 0.3) is 0 Å². The third-order valence-corrected chi connectivity index (χ3v) is 2.52. The lowest BCUT2D eigenvalue weighted by atomic mass is 10.1. The number of allylic oxidation sites excluding steroid dienone is 1. The first kappa shape index (κ1) is 11.3. The molecule has 2 heteroatoms. The molecular formula is C12H20O2. The Morgan fingerprint density at radius 1 is 1.21 bits per heavy atom. The van der Waals surface area contributed by atoms with Crippen LogP contribution in [0.15, 0.2) is 12.2 Å². The molecular weight excluding hydrogens is 176 g/mol. The Kier molecular flexibility index (Phi) is 5.35. The normalized spacial score (nSPS) is 28.4. The Hall–Kier alpha value is -0.790. The molecule has 0 N–H and O–H groups in total. The van der Waals surface area contributed by atoms with Crippen LogP contribution < -0.4 is 0 Å². The minimum Gasteiger partial charge on any atom is -0.462 e. The summed E-state index contributed by atoms with van der Waals surface area (Å²) in [6.07, 6.45) is 11.6. The van der Waals surface area contributed by atoms with Crippen molar-refractivity contribution in [3.8, 4) is 0 Å². The quantitative estimate of drug-likeness (QED) is 0.439. The highest BCUT2D eigenvalue weighted by molar-refractivity contribution is 5.71. The highest BCUT2D eigenvalue weighted by Crippen LogP contribution is 2.11. The molecule has 0 bridgehead atoms. The lowest BCUT2D eigenvalue weighted by Crippen LogP contribution is -2.14. The van der Waals surface area contributed by atoms with Gasteiger partial charge in [-0.3, -0.25) is 4.79 Å². The van der Waals surface area contributed by atoms with Gasteiger partial charge in [0, 0.05) is 0 Å². The van der Waals surface area contributed by atoms with Crippen LogP contribution in [0.25, 0.3) is 0 Å². The van der Waals surface area contributed by atoms with Crippen LogP contribution in [0, 0.1) is 0 Å². The van der Waals surface area contributed by atoms with Gasteiger partial charge in [-0.2, -0.15) is 0 Å². The summed E-state index contributed by atoms with van der Waals surface area (Å²) >= 11 is 0. The highest BCUT2D eigenvalue weighted by atomic mass is 16.5. The maximum Gasteiger partial charge on any atom is 0.309 e. The first-order chi connectivity index (χ1) is 6.79. The zero-order valence-corrected chi connectivity index (χ0v) is 9.00. The van der Waals surface area contributed by atoms with E-state index in [0.717, 1.165) is 12.8 Å². The molecule has 1 atom stereocenters. The summed E-state index contributed by atoms with van der Waals surface area (Å²) in [5.41, 5.74) is 0. The Labute approximate surface area is 86.3 Å². The van der Waals surface area contributed by atoms with Gasteiger partial charge in [0.1, 0.15) is 0 Å². The molecule has 1 aliphatic heterocycles. The number of carbonyl (C=O) groups is 1. The summed E-state index contributed by atoms with van der Waals surface area (Å²) < 4.78 is 5.23. The Balaban J connectivity index is 2.36. The van der Waals surface area contributed by atoms with E-state index in [9.17, 15) is 4.79 Å². The molecule has 0 radical (unpaired) electrons. The van der Waals surface area contributed by atoms with Gasteiger partial charge in [0.05, 0.1) is 12.5 Å². The molecule has 0 aromatic rings. The fraction of sp³-hybridized carbons (Fsp3) is 0.750. The van der Waals surface area contributed by atoms with Gasteiger partial charge in [0.2, 0.25) is 0 Å². The topological polar surface area (TPSA) is 26.3 Å². The minimum atomic E-state index is -0.0886. The predicted octanol–water partition coefficient (Wildman–Crippen LogP) is 3.22. The monoisotopic (exact) mass is 196 g/mol. The summed E-state index contributed by atoms with van der Waals surface area (Å²) in [6.45, 7) is 1.98. The molecule has 1 aliphatic rings. The smallest absolute Gasteiger partial charge is 0.309 e. The largest absolute Gasteiger partial charge is 0.462 e. The number of carbonyl (C=O) groups excluding carboxylic acids is 1. The van der Waals surface area contributed by atoms with Crippen LogP contribution >= 0.6 is 0 Å². The zero-order valence-electron chi connectivity index (χ0n) is 9.00. The molecule has 0 fully saturated rings.